The second-order valence-electron chi connectivity index (χ2n) is 4.04. The maximum atomic E-state index is 9.18. The number of rotatable bonds is 7. The molecular weight excluding hydrogens is 204 g/mol. The molecule has 2 atom stereocenters. The third-order valence-corrected chi connectivity index (χ3v) is 2.99. The largest absolute Gasteiger partial charge is 0.393 e. The lowest BCUT2D eigenvalue weighted by Crippen LogP contribution is -2.39. The molecule has 2 heterocycles. The van der Waals surface area contributed by atoms with Crippen LogP contribution in [0.25, 0.3) is 0 Å². The Morgan fingerprint density at radius 3 is 2.13 bits per heavy atom. The monoisotopic (exact) mass is 220 g/mol. The smallest absolute Gasteiger partial charge is 0.149 e. The van der Waals surface area contributed by atoms with E-state index in [2.05, 4.69) is 0 Å². The molecule has 0 bridgehead atoms. The predicted molar refractivity (Wildman–Crippen MR) is 48.4 cm³/mol. The molecule has 0 amide bonds. The zero-order valence-electron chi connectivity index (χ0n) is 8.39. The molecule has 15 heavy (non-hydrogen) atoms. The molecule has 88 valence electrons. The molecule has 2 fully saturated rings. The molecule has 6 nitrogen and oxygen atoms in total. The van der Waals surface area contributed by atoms with Crippen LogP contribution >= 0.6 is 0 Å². The summed E-state index contributed by atoms with van der Waals surface area (Å²) < 4.78 is 15.5. The molecule has 0 aliphatic carbocycles. The van der Waals surface area contributed by atoms with E-state index in [1.54, 1.807) is 0 Å². The van der Waals surface area contributed by atoms with E-state index < -0.39 is 11.2 Å². The van der Waals surface area contributed by atoms with Gasteiger partial charge in [-0.1, -0.05) is 0 Å². The molecule has 6 heteroatoms. The van der Waals surface area contributed by atoms with Crippen molar-refractivity contribution in [2.24, 2.45) is 0 Å². The van der Waals surface area contributed by atoms with Crippen LogP contribution in [-0.4, -0.2) is 72.3 Å². The molecule has 2 unspecified atom stereocenters. The van der Waals surface area contributed by atoms with Gasteiger partial charge in [0, 0.05) is 0 Å². The Bertz CT molecular complexity index is 225. The van der Waals surface area contributed by atoms with Crippen molar-refractivity contribution in [1.29, 1.82) is 0 Å². The molecule has 2 rings (SSSR count). The van der Waals surface area contributed by atoms with Crippen molar-refractivity contribution in [3.8, 4) is 0 Å². The third kappa shape index (κ3) is 1.89. The maximum absolute atomic E-state index is 9.18. The zero-order valence-corrected chi connectivity index (χ0v) is 8.39. The van der Waals surface area contributed by atoms with Crippen molar-refractivity contribution >= 4 is 0 Å². The normalized spacial score (nSPS) is 36.6. The third-order valence-electron chi connectivity index (χ3n) is 2.99. The molecular formula is C9H16O6. The Balaban J connectivity index is 1.81. The second kappa shape index (κ2) is 3.97. The minimum atomic E-state index is -1.05. The Kier molecular flexibility index (Phi) is 2.98. The van der Waals surface area contributed by atoms with E-state index in [0.29, 0.717) is 13.2 Å². The highest BCUT2D eigenvalue weighted by molar-refractivity contribution is 5.16. The first-order valence-corrected chi connectivity index (χ1v) is 4.94. The summed E-state index contributed by atoms with van der Waals surface area (Å²) in [6.07, 6.45) is 0.150. The molecule has 3 N–H and O–H groups in total. The maximum Gasteiger partial charge on any atom is 0.149 e. The van der Waals surface area contributed by atoms with Crippen LogP contribution in [0.1, 0.15) is 0 Å². The van der Waals surface area contributed by atoms with Gasteiger partial charge in [0.15, 0.2) is 0 Å². The van der Waals surface area contributed by atoms with Crippen LogP contribution in [0, 0.1) is 0 Å². The number of ether oxygens (including phenoxy) is 3. The summed E-state index contributed by atoms with van der Waals surface area (Å²) in [5.74, 6) is 0. The number of epoxide rings is 2. The van der Waals surface area contributed by atoms with E-state index in [9.17, 15) is 5.11 Å². The van der Waals surface area contributed by atoms with E-state index in [1.807, 2.05) is 0 Å². The van der Waals surface area contributed by atoms with Crippen LogP contribution in [0.4, 0.5) is 0 Å². The zero-order chi connectivity index (χ0) is 10.9. The molecule has 0 aromatic carbocycles. The molecule has 2 aliphatic rings. The standard InChI is InChI=1S/C9H16O6/c10-3-8(4-11)9(5-12,15-8)6-13-1-7-2-14-7/h7,10-12H,1-6H2. The molecule has 0 radical (unpaired) electrons. The van der Waals surface area contributed by atoms with Crippen LogP contribution < -0.4 is 0 Å². The average molecular weight is 220 g/mol. The minimum absolute atomic E-state index is 0.150. The van der Waals surface area contributed by atoms with E-state index in [4.69, 9.17) is 24.4 Å². The van der Waals surface area contributed by atoms with Gasteiger partial charge >= 0.3 is 0 Å². The lowest BCUT2D eigenvalue weighted by atomic mass is 9.95. The van der Waals surface area contributed by atoms with Gasteiger partial charge in [-0.2, -0.15) is 0 Å². The van der Waals surface area contributed by atoms with Gasteiger partial charge in [0.05, 0.1) is 39.6 Å². The quantitative estimate of drug-likeness (QED) is 0.425. The summed E-state index contributed by atoms with van der Waals surface area (Å²) in [4.78, 5) is 0. The lowest BCUT2D eigenvalue weighted by molar-refractivity contribution is 0.0421. The summed E-state index contributed by atoms with van der Waals surface area (Å²) >= 11 is 0. The van der Waals surface area contributed by atoms with Gasteiger partial charge in [-0.3, -0.25) is 0 Å². The summed E-state index contributed by atoms with van der Waals surface area (Å²) in [5, 5.41) is 27.3. The van der Waals surface area contributed by atoms with Crippen LogP contribution in [0.15, 0.2) is 0 Å². The Hall–Kier alpha value is -0.240. The van der Waals surface area contributed by atoms with Crippen LogP contribution in [0.3, 0.4) is 0 Å². The van der Waals surface area contributed by atoms with Crippen LogP contribution in [-0.2, 0) is 14.2 Å². The van der Waals surface area contributed by atoms with Crippen LogP contribution in [0.5, 0.6) is 0 Å². The van der Waals surface area contributed by atoms with Gasteiger partial charge in [-0.15, -0.1) is 0 Å². The van der Waals surface area contributed by atoms with Crippen molar-refractivity contribution in [3.63, 3.8) is 0 Å². The highest BCUT2D eigenvalue weighted by atomic mass is 16.7. The molecule has 0 aromatic rings. The summed E-state index contributed by atoms with van der Waals surface area (Å²) in [5.41, 5.74) is -2.00. The SMILES string of the molecule is OCC1(CO)OC1(CO)COCC1CO1. The lowest BCUT2D eigenvalue weighted by Gasteiger charge is -2.14. The van der Waals surface area contributed by atoms with Crippen molar-refractivity contribution in [3.05, 3.63) is 0 Å². The second-order valence-corrected chi connectivity index (χ2v) is 4.04. The van der Waals surface area contributed by atoms with Gasteiger partial charge in [0.25, 0.3) is 0 Å². The molecule has 0 saturated carbocycles. The first-order chi connectivity index (χ1) is 7.22. The highest BCUT2D eigenvalue weighted by Crippen LogP contribution is 2.47. The fraction of sp³-hybridized carbons (Fsp3) is 1.00. The molecule has 0 aromatic heterocycles. The first kappa shape index (κ1) is 11.3. The average Bonchev–Trinajstić information content (AvgIpc) is 3.14. The fourth-order valence-corrected chi connectivity index (χ4v) is 1.65. The number of aliphatic hydroxyl groups excluding tert-OH is 3. The van der Waals surface area contributed by atoms with Crippen molar-refractivity contribution in [2.75, 3.05) is 39.6 Å². The Morgan fingerprint density at radius 1 is 1.13 bits per heavy atom. The van der Waals surface area contributed by atoms with Crippen molar-refractivity contribution < 1.29 is 29.5 Å². The summed E-state index contributed by atoms with van der Waals surface area (Å²) in [6.45, 7) is 0.390. The predicted octanol–water partition coefficient (Wildman–Crippen LogP) is -2.11. The van der Waals surface area contributed by atoms with Gasteiger partial charge in [-0.05, 0) is 0 Å². The van der Waals surface area contributed by atoms with E-state index in [-0.39, 0.29) is 32.5 Å². The number of hydrogen-bond acceptors (Lipinski definition) is 6. The Labute approximate surface area is 87.4 Å². The minimum Gasteiger partial charge on any atom is -0.393 e. The summed E-state index contributed by atoms with van der Waals surface area (Å²) in [7, 11) is 0. The number of aliphatic hydroxyl groups is 3. The van der Waals surface area contributed by atoms with Crippen LogP contribution in [0.2, 0.25) is 0 Å². The topological polar surface area (TPSA) is 95.0 Å². The highest BCUT2D eigenvalue weighted by Gasteiger charge is 2.69. The van der Waals surface area contributed by atoms with Gasteiger partial charge in [0.2, 0.25) is 0 Å². The van der Waals surface area contributed by atoms with Gasteiger partial charge in [0.1, 0.15) is 17.3 Å². The van der Waals surface area contributed by atoms with E-state index in [0.717, 1.165) is 0 Å². The molecule has 2 aliphatic heterocycles. The van der Waals surface area contributed by atoms with E-state index in [1.165, 1.54) is 0 Å². The molecule has 2 saturated heterocycles. The van der Waals surface area contributed by atoms with Crippen molar-refractivity contribution in [2.45, 2.75) is 17.3 Å². The first-order valence-electron chi connectivity index (χ1n) is 4.94. The fourth-order valence-electron chi connectivity index (χ4n) is 1.65. The van der Waals surface area contributed by atoms with Crippen molar-refractivity contribution in [1.82, 2.24) is 0 Å². The number of hydrogen-bond donors (Lipinski definition) is 3. The van der Waals surface area contributed by atoms with Gasteiger partial charge < -0.3 is 29.5 Å². The Morgan fingerprint density at radius 2 is 1.73 bits per heavy atom. The van der Waals surface area contributed by atoms with Gasteiger partial charge in [-0.25, -0.2) is 0 Å². The van der Waals surface area contributed by atoms with E-state index >= 15 is 0 Å². The summed E-state index contributed by atoms with van der Waals surface area (Å²) in [6, 6.07) is 0. The molecule has 0 spiro atoms.